The molecule has 3 aliphatic carbocycles. The average molecular weight is 1050 g/mol. The van der Waals surface area contributed by atoms with Gasteiger partial charge in [-0.05, 0) is 110 Å². The third kappa shape index (κ3) is 10.3. The molecule has 15 heteroatoms. The Morgan fingerprint density at radius 3 is 2.31 bits per heavy atom. The van der Waals surface area contributed by atoms with Crippen molar-refractivity contribution in [3.8, 4) is 23.3 Å². The van der Waals surface area contributed by atoms with Gasteiger partial charge in [-0.3, -0.25) is 24.9 Å². The van der Waals surface area contributed by atoms with E-state index in [2.05, 4.69) is 134 Å². The van der Waals surface area contributed by atoms with E-state index in [9.17, 15) is 10.1 Å². The number of aliphatic imine (C=N–C) groups is 1. The molecule has 6 aliphatic heterocycles. The number of nitrogens with one attached hydrogen (secondary N) is 5. The van der Waals surface area contributed by atoms with E-state index in [0.717, 1.165) is 57.7 Å². The number of piperidine rings is 1. The summed E-state index contributed by atoms with van der Waals surface area (Å²) in [6.07, 6.45) is 14.9. The first-order chi connectivity index (χ1) is 36.1. The number of amides is 1. The summed E-state index contributed by atoms with van der Waals surface area (Å²) in [7, 11) is 1.58. The van der Waals surface area contributed by atoms with E-state index < -0.39 is 0 Å². The Morgan fingerprint density at radius 1 is 0.907 bits per heavy atom. The zero-order valence-electron chi connectivity index (χ0n) is 46.5. The summed E-state index contributed by atoms with van der Waals surface area (Å²) in [5, 5.41) is 21.7. The van der Waals surface area contributed by atoms with E-state index in [-0.39, 0.29) is 71.7 Å². The van der Waals surface area contributed by atoms with Gasteiger partial charge in [-0.2, -0.15) is 5.26 Å². The van der Waals surface area contributed by atoms with Gasteiger partial charge < -0.3 is 29.6 Å². The van der Waals surface area contributed by atoms with Gasteiger partial charge in [-0.25, -0.2) is 10.9 Å². The predicted octanol–water partition coefficient (Wildman–Crippen LogP) is 8.65. The van der Waals surface area contributed by atoms with Crippen molar-refractivity contribution in [1.29, 1.82) is 5.26 Å². The molecule has 1 amide bonds. The second-order valence-corrected chi connectivity index (χ2v) is 27.4. The highest BCUT2D eigenvalue weighted by Crippen LogP contribution is 2.57. The predicted molar refractivity (Wildman–Crippen MR) is 296 cm³/mol. The molecule has 0 bridgehead atoms. The van der Waals surface area contributed by atoms with Crippen LogP contribution in [-0.2, 0) is 9.53 Å². The van der Waals surface area contributed by atoms with Crippen molar-refractivity contribution >= 4 is 23.4 Å². The van der Waals surface area contributed by atoms with Gasteiger partial charge in [0.2, 0.25) is 5.91 Å². The Balaban J connectivity index is 0.718. The van der Waals surface area contributed by atoms with Crippen molar-refractivity contribution in [2.45, 2.75) is 192 Å². The molecule has 14 nitrogen and oxygen atoms in total. The first-order valence-corrected chi connectivity index (χ1v) is 30.2. The summed E-state index contributed by atoms with van der Waals surface area (Å²) in [5.74, 6) is 4.65. The van der Waals surface area contributed by atoms with Gasteiger partial charge in [0.05, 0.1) is 61.2 Å². The van der Waals surface area contributed by atoms with Gasteiger partial charge in [0.1, 0.15) is 35.6 Å². The Bertz CT molecular complexity index is 2390. The van der Waals surface area contributed by atoms with Crippen LogP contribution in [0.5, 0.6) is 17.2 Å². The van der Waals surface area contributed by atoms with E-state index in [1.807, 2.05) is 6.07 Å². The zero-order valence-corrected chi connectivity index (χ0v) is 47.4. The molecule has 8 fully saturated rings. The van der Waals surface area contributed by atoms with Crippen molar-refractivity contribution in [2.24, 2.45) is 56.7 Å². The molecule has 3 saturated carbocycles. The number of fused-ring (bicyclic) bond motifs is 3. The number of rotatable bonds is 12. The number of benzene rings is 2. The Labute approximate surface area is 452 Å². The minimum Gasteiger partial charge on any atom is -0.495 e. The maximum atomic E-state index is 14.7. The number of likely N-dealkylation sites (tertiary alicyclic amines) is 1. The highest BCUT2D eigenvalue weighted by molar-refractivity contribution is 8.00. The molecule has 6 heterocycles. The number of ether oxygens (including phenoxy) is 4. The maximum absolute atomic E-state index is 14.7. The number of hydrogen-bond donors (Lipinski definition) is 5. The van der Waals surface area contributed by atoms with Crippen LogP contribution in [0.1, 0.15) is 144 Å². The molecule has 12 unspecified atom stereocenters. The summed E-state index contributed by atoms with van der Waals surface area (Å²) in [6, 6.07) is 16.6. The van der Waals surface area contributed by atoms with E-state index in [1.54, 1.807) is 19.2 Å². The molecule has 2 aromatic rings. The third-order valence-corrected chi connectivity index (χ3v) is 22.3. The fourth-order valence-corrected chi connectivity index (χ4v) is 18.3. The van der Waals surface area contributed by atoms with Gasteiger partial charge in [0.25, 0.3) is 0 Å². The Hall–Kier alpha value is -3.46. The molecular weight excluding hydrogens is 959 g/mol. The summed E-state index contributed by atoms with van der Waals surface area (Å²) in [6.45, 7) is 22.9. The van der Waals surface area contributed by atoms with Crippen LogP contribution in [0, 0.1) is 63.1 Å². The van der Waals surface area contributed by atoms with Crippen LogP contribution in [0.25, 0.3) is 0 Å². The highest BCUT2D eigenvalue weighted by atomic mass is 32.2. The van der Waals surface area contributed by atoms with Crippen LogP contribution in [-0.4, -0.2) is 121 Å². The molecular formula is C60H89N9O5S. The largest absolute Gasteiger partial charge is 0.495 e. The van der Waals surface area contributed by atoms with E-state index in [4.69, 9.17) is 23.9 Å². The van der Waals surface area contributed by atoms with Crippen LogP contribution >= 0.6 is 11.8 Å². The van der Waals surface area contributed by atoms with Crippen LogP contribution < -0.4 is 41.0 Å². The topological polar surface area (TPSA) is 157 Å². The van der Waals surface area contributed by atoms with Crippen LogP contribution in [0.2, 0.25) is 0 Å². The van der Waals surface area contributed by atoms with Crippen molar-refractivity contribution in [1.82, 2.24) is 36.6 Å². The van der Waals surface area contributed by atoms with E-state index in [1.165, 1.54) is 62.6 Å². The third-order valence-electron chi connectivity index (χ3n) is 20.6. The molecule has 0 aromatic heterocycles. The minimum absolute atomic E-state index is 0.0219. The standard InChI is InChI=1S/C60H89N9O5S/c1-35-37(3)75-55-50(35)51(64-47(30-49-62-24-27-72-49)53-67-66-38(4)69(53)55)40-16-19-43(20-17-40)73-45-31-60(32-45)22-25-68(26-23-60)52-36(2)46(39-14-12-10-11-13-15-39)28-42(34-63-52)54(70)65-56-58(5,6)57(59(56,7)8)74-44-21-18-41(33-61)48(29-44)71-9/h16-21,29,35-39,42,45-47,49-50,52-53,55-57,62-63,66-67H,10-15,22-28,30-32,34H2,1-9H3,(H,65,70). The van der Waals surface area contributed by atoms with Gasteiger partial charge in [-0.1, -0.05) is 87.0 Å². The molecule has 2 aromatic carbocycles. The van der Waals surface area contributed by atoms with Gasteiger partial charge >= 0.3 is 0 Å². The minimum atomic E-state index is -0.309. The zero-order chi connectivity index (χ0) is 52.4. The number of hydrazine groups is 1. The van der Waals surface area contributed by atoms with Crippen molar-refractivity contribution in [3.63, 3.8) is 0 Å². The lowest BCUT2D eigenvalue weighted by atomic mass is 9.49. The molecule has 75 heavy (non-hydrogen) atoms. The quantitative estimate of drug-likeness (QED) is 0.129. The molecule has 410 valence electrons. The molecule has 9 aliphatic rings. The lowest BCUT2D eigenvalue weighted by molar-refractivity contribution is -0.174. The lowest BCUT2D eigenvalue weighted by Crippen LogP contribution is -2.75. The van der Waals surface area contributed by atoms with Crippen molar-refractivity contribution < 1.29 is 23.7 Å². The molecule has 5 saturated heterocycles. The second kappa shape index (κ2) is 21.6. The number of nitrogens with zero attached hydrogens (tertiary/aromatic N) is 4. The van der Waals surface area contributed by atoms with Crippen LogP contribution in [0.4, 0.5) is 0 Å². The number of thioether (sulfide) groups is 1. The van der Waals surface area contributed by atoms with Gasteiger partial charge in [-0.15, -0.1) is 11.8 Å². The normalized spacial score (nSPS) is 37.8. The fourth-order valence-electron chi connectivity index (χ4n) is 16.5. The number of hydrogen-bond acceptors (Lipinski definition) is 14. The first kappa shape index (κ1) is 53.5. The lowest BCUT2D eigenvalue weighted by Gasteiger charge is -2.63. The van der Waals surface area contributed by atoms with Gasteiger partial charge in [0, 0.05) is 72.4 Å². The summed E-state index contributed by atoms with van der Waals surface area (Å²) >= 11 is 2.11. The molecule has 0 radical (unpaired) electrons. The second-order valence-electron chi connectivity index (χ2n) is 25.9. The Morgan fingerprint density at radius 2 is 1.63 bits per heavy atom. The van der Waals surface area contributed by atoms with E-state index >= 15 is 0 Å². The SMILES string of the molecule is COc1cc(OC2C(C)(C)C(NC(=O)C3CNC(N4CCC5(CC4)CC(Oc4ccc(C6=NC(CC7NCCO7)C7NNC(C)N7C7SC(C)C(C)C67)cc4)C5)C(C)C(C4CCCCCC4)C3)C2(C)C)ccc1C#N. The highest BCUT2D eigenvalue weighted by Gasteiger charge is 2.64. The first-order valence-electron chi connectivity index (χ1n) is 29.2. The summed E-state index contributed by atoms with van der Waals surface area (Å²) in [5.41, 5.74) is 9.84. The van der Waals surface area contributed by atoms with Crippen molar-refractivity contribution in [2.75, 3.05) is 39.9 Å². The smallest absolute Gasteiger partial charge is 0.224 e. The summed E-state index contributed by atoms with van der Waals surface area (Å²) < 4.78 is 25.0. The molecule has 1 spiro atoms. The Kier molecular flexibility index (Phi) is 15.5. The maximum Gasteiger partial charge on any atom is 0.224 e. The van der Waals surface area contributed by atoms with E-state index in [0.29, 0.717) is 69.2 Å². The summed E-state index contributed by atoms with van der Waals surface area (Å²) in [4.78, 5) is 25.8. The number of carbonyl (C=O) groups is 1. The fraction of sp³-hybridized carbons (Fsp3) is 0.750. The number of methoxy groups -OCH3 is 1. The van der Waals surface area contributed by atoms with Crippen LogP contribution in [0.3, 0.4) is 0 Å². The number of carbonyl (C=O) groups excluding carboxylic acids is 1. The molecule has 11 rings (SSSR count). The van der Waals surface area contributed by atoms with Crippen molar-refractivity contribution in [3.05, 3.63) is 53.6 Å². The van der Waals surface area contributed by atoms with Crippen LogP contribution in [0.15, 0.2) is 47.5 Å². The van der Waals surface area contributed by atoms with Gasteiger partial charge in [0.15, 0.2) is 0 Å². The molecule has 5 N–H and O–H groups in total. The molecule has 12 atom stereocenters. The number of nitriles is 1. The average Bonchev–Trinajstić information content (AvgIpc) is 3.98. The monoisotopic (exact) mass is 1050 g/mol.